The summed E-state index contributed by atoms with van der Waals surface area (Å²) in [7, 11) is 0. The molecule has 1 fully saturated rings. The first-order valence-corrected chi connectivity index (χ1v) is 6.55. The third-order valence-electron chi connectivity index (χ3n) is 3.00. The molecule has 1 amide bonds. The van der Waals surface area contributed by atoms with E-state index in [1.807, 2.05) is 19.1 Å². The molecule has 0 radical (unpaired) electrons. The summed E-state index contributed by atoms with van der Waals surface area (Å²) in [6, 6.07) is 4.12. The number of anilines is 1. The minimum Gasteiger partial charge on any atom is -0.309 e. The summed E-state index contributed by atoms with van der Waals surface area (Å²) in [5, 5.41) is 6.13. The van der Waals surface area contributed by atoms with Crippen LogP contribution in [0.4, 0.5) is 5.82 Å². The summed E-state index contributed by atoms with van der Waals surface area (Å²) < 4.78 is 0.728. The molecule has 92 valence electrons. The van der Waals surface area contributed by atoms with Crippen molar-refractivity contribution in [2.24, 2.45) is 0 Å². The second kappa shape index (κ2) is 5.14. The molecule has 0 aliphatic carbocycles. The van der Waals surface area contributed by atoms with E-state index in [4.69, 9.17) is 0 Å². The van der Waals surface area contributed by atoms with Crippen LogP contribution in [0.25, 0.3) is 0 Å². The first-order valence-electron chi connectivity index (χ1n) is 5.76. The third kappa shape index (κ3) is 3.04. The highest BCUT2D eigenvalue weighted by Crippen LogP contribution is 2.18. The number of carbonyl (C=O) groups excluding carboxylic acids is 1. The van der Waals surface area contributed by atoms with Gasteiger partial charge in [-0.3, -0.25) is 4.79 Å². The molecule has 1 aromatic rings. The van der Waals surface area contributed by atoms with Gasteiger partial charge >= 0.3 is 0 Å². The quantitative estimate of drug-likeness (QED) is 0.823. The predicted molar refractivity (Wildman–Crippen MR) is 70.9 cm³/mol. The number of hydrogen-bond donors (Lipinski definition) is 2. The molecule has 17 heavy (non-hydrogen) atoms. The van der Waals surface area contributed by atoms with Gasteiger partial charge in [-0.15, -0.1) is 0 Å². The van der Waals surface area contributed by atoms with E-state index in [1.165, 1.54) is 0 Å². The molecule has 5 heteroatoms. The smallest absolute Gasteiger partial charge is 0.242 e. The molecule has 2 N–H and O–H groups in total. The summed E-state index contributed by atoms with van der Waals surface area (Å²) in [5.74, 6) is 0.633. The number of carbonyl (C=O) groups is 1. The van der Waals surface area contributed by atoms with Gasteiger partial charge in [0.25, 0.3) is 0 Å². The van der Waals surface area contributed by atoms with E-state index in [-0.39, 0.29) is 11.9 Å². The molecule has 4 nitrogen and oxygen atoms in total. The lowest BCUT2D eigenvalue weighted by Gasteiger charge is -2.13. The number of aryl methyl sites for hydroxylation is 1. The highest BCUT2D eigenvalue weighted by atomic mass is 79.9. The standard InChI is InChI=1S/C12H16BrN3O/c1-7-3-6-10(13)15-11(7)16-12(17)9-5-4-8(2)14-9/h3,6,8-9,14H,4-5H2,1-2H3,(H,15,16,17)/t8-,9+/m1/s1. The van der Waals surface area contributed by atoms with Crippen molar-refractivity contribution in [3.63, 3.8) is 0 Å². The SMILES string of the molecule is Cc1ccc(Br)nc1NC(=O)[C@@H]1CC[C@@H](C)N1. The Morgan fingerprint density at radius 1 is 1.53 bits per heavy atom. The Balaban J connectivity index is 2.05. The van der Waals surface area contributed by atoms with Crippen LogP contribution < -0.4 is 10.6 Å². The summed E-state index contributed by atoms with van der Waals surface area (Å²) in [4.78, 5) is 16.3. The topological polar surface area (TPSA) is 54.0 Å². The summed E-state index contributed by atoms with van der Waals surface area (Å²) in [5.41, 5.74) is 0.965. The summed E-state index contributed by atoms with van der Waals surface area (Å²) >= 11 is 3.30. The molecule has 0 aromatic carbocycles. The Morgan fingerprint density at radius 3 is 2.94 bits per heavy atom. The Labute approximate surface area is 109 Å². The molecular formula is C12H16BrN3O. The Bertz CT molecular complexity index is 436. The Morgan fingerprint density at radius 2 is 2.29 bits per heavy atom. The summed E-state index contributed by atoms with van der Waals surface area (Å²) in [6.07, 6.45) is 1.93. The first kappa shape index (κ1) is 12.5. The lowest BCUT2D eigenvalue weighted by atomic mass is 10.2. The van der Waals surface area contributed by atoms with Crippen LogP contribution in [-0.2, 0) is 4.79 Å². The van der Waals surface area contributed by atoms with Gasteiger partial charge in [0, 0.05) is 6.04 Å². The van der Waals surface area contributed by atoms with Gasteiger partial charge < -0.3 is 10.6 Å². The number of pyridine rings is 1. The zero-order valence-corrected chi connectivity index (χ0v) is 11.5. The maximum absolute atomic E-state index is 12.0. The van der Waals surface area contributed by atoms with Crippen LogP contribution in [0.5, 0.6) is 0 Å². The van der Waals surface area contributed by atoms with Crippen molar-refractivity contribution in [3.05, 3.63) is 22.3 Å². The fourth-order valence-electron chi connectivity index (χ4n) is 1.97. The second-order valence-corrected chi connectivity index (χ2v) is 5.30. The number of halogens is 1. The Kier molecular flexibility index (Phi) is 3.79. The van der Waals surface area contributed by atoms with Gasteiger partial charge in [0.15, 0.2) is 0 Å². The van der Waals surface area contributed by atoms with Gasteiger partial charge in [-0.1, -0.05) is 6.07 Å². The van der Waals surface area contributed by atoms with Gasteiger partial charge in [0.2, 0.25) is 5.91 Å². The third-order valence-corrected chi connectivity index (χ3v) is 3.44. The molecule has 0 unspecified atom stereocenters. The van der Waals surface area contributed by atoms with Crippen LogP contribution in [0, 0.1) is 6.92 Å². The number of amides is 1. The maximum Gasteiger partial charge on any atom is 0.242 e. The van der Waals surface area contributed by atoms with E-state index in [0.29, 0.717) is 11.9 Å². The van der Waals surface area contributed by atoms with Crippen molar-refractivity contribution in [2.45, 2.75) is 38.8 Å². The van der Waals surface area contributed by atoms with Crippen LogP contribution >= 0.6 is 15.9 Å². The molecule has 0 saturated carbocycles. The van der Waals surface area contributed by atoms with Gasteiger partial charge in [0.05, 0.1) is 6.04 Å². The maximum atomic E-state index is 12.0. The molecule has 0 spiro atoms. The minimum atomic E-state index is -0.0924. The number of rotatable bonds is 2. The summed E-state index contributed by atoms with van der Waals surface area (Å²) in [6.45, 7) is 4.02. The van der Waals surface area contributed by atoms with E-state index in [1.54, 1.807) is 0 Å². The fourth-order valence-corrected chi connectivity index (χ4v) is 2.28. The fraction of sp³-hybridized carbons (Fsp3) is 0.500. The van der Waals surface area contributed by atoms with E-state index in [9.17, 15) is 4.79 Å². The highest BCUT2D eigenvalue weighted by Gasteiger charge is 2.26. The molecular weight excluding hydrogens is 282 g/mol. The average Bonchev–Trinajstić information content (AvgIpc) is 2.70. The Hall–Kier alpha value is -0.940. The van der Waals surface area contributed by atoms with Crippen molar-refractivity contribution in [2.75, 3.05) is 5.32 Å². The predicted octanol–water partition coefficient (Wildman–Crippen LogP) is 2.23. The second-order valence-electron chi connectivity index (χ2n) is 4.49. The number of aromatic nitrogens is 1. The zero-order valence-electron chi connectivity index (χ0n) is 9.96. The molecule has 1 aromatic heterocycles. The van der Waals surface area contributed by atoms with Crippen molar-refractivity contribution in [1.82, 2.24) is 10.3 Å². The van der Waals surface area contributed by atoms with Crippen LogP contribution in [-0.4, -0.2) is 23.0 Å². The molecule has 2 atom stereocenters. The zero-order chi connectivity index (χ0) is 12.4. The first-order chi connectivity index (χ1) is 8.06. The molecule has 0 bridgehead atoms. The molecule has 2 heterocycles. The van der Waals surface area contributed by atoms with Gasteiger partial charge in [0.1, 0.15) is 10.4 Å². The van der Waals surface area contributed by atoms with Crippen molar-refractivity contribution < 1.29 is 4.79 Å². The van der Waals surface area contributed by atoms with Crippen molar-refractivity contribution >= 4 is 27.7 Å². The van der Waals surface area contributed by atoms with Gasteiger partial charge in [-0.25, -0.2) is 4.98 Å². The molecule has 1 aliphatic rings. The molecule has 1 aliphatic heterocycles. The minimum absolute atomic E-state index is 0.00282. The highest BCUT2D eigenvalue weighted by molar-refractivity contribution is 9.10. The van der Waals surface area contributed by atoms with Crippen LogP contribution in [0.2, 0.25) is 0 Å². The normalized spacial score (nSPS) is 23.7. The van der Waals surface area contributed by atoms with E-state index < -0.39 is 0 Å². The van der Waals surface area contributed by atoms with E-state index in [0.717, 1.165) is 23.0 Å². The number of nitrogens with zero attached hydrogens (tertiary/aromatic N) is 1. The van der Waals surface area contributed by atoms with Gasteiger partial charge in [-0.2, -0.15) is 0 Å². The van der Waals surface area contributed by atoms with E-state index >= 15 is 0 Å². The lowest BCUT2D eigenvalue weighted by molar-refractivity contribution is -0.117. The van der Waals surface area contributed by atoms with Crippen LogP contribution in [0.3, 0.4) is 0 Å². The monoisotopic (exact) mass is 297 g/mol. The molecule has 2 rings (SSSR count). The number of hydrogen-bond acceptors (Lipinski definition) is 3. The van der Waals surface area contributed by atoms with Crippen molar-refractivity contribution in [3.8, 4) is 0 Å². The average molecular weight is 298 g/mol. The van der Waals surface area contributed by atoms with Crippen LogP contribution in [0.1, 0.15) is 25.3 Å². The largest absolute Gasteiger partial charge is 0.309 e. The van der Waals surface area contributed by atoms with Crippen LogP contribution in [0.15, 0.2) is 16.7 Å². The van der Waals surface area contributed by atoms with E-state index in [2.05, 4.69) is 38.5 Å². The number of nitrogens with one attached hydrogen (secondary N) is 2. The van der Waals surface area contributed by atoms with Crippen molar-refractivity contribution in [1.29, 1.82) is 0 Å². The molecule has 1 saturated heterocycles. The lowest BCUT2D eigenvalue weighted by Crippen LogP contribution is -2.38. The van der Waals surface area contributed by atoms with Gasteiger partial charge in [-0.05, 0) is 54.2 Å².